The second-order valence-electron chi connectivity index (χ2n) is 3.08. The molecule has 0 spiro atoms. The van der Waals surface area contributed by atoms with Gasteiger partial charge in [-0.05, 0) is 25.4 Å². The lowest BCUT2D eigenvalue weighted by molar-refractivity contribution is 0.343. The molecule has 1 aromatic heterocycles. The van der Waals surface area contributed by atoms with Crippen LogP contribution in [0.15, 0.2) is 12.1 Å². The fraction of sp³-hybridized carbons (Fsp3) is 0.556. The van der Waals surface area contributed by atoms with Gasteiger partial charge in [-0.2, -0.15) is 16.9 Å². The molecule has 0 aliphatic carbocycles. The Kier molecular flexibility index (Phi) is 5.22. The lowest BCUT2D eigenvalue weighted by atomic mass is 10.3. The van der Waals surface area contributed by atoms with Gasteiger partial charge in [0.15, 0.2) is 5.15 Å². The van der Waals surface area contributed by atoms with Crippen LogP contribution in [0.4, 0.5) is 0 Å². The number of thioether (sulfide) groups is 1. The van der Waals surface area contributed by atoms with Crippen LogP contribution in [0.5, 0.6) is 0 Å². The van der Waals surface area contributed by atoms with Crippen molar-refractivity contribution in [1.29, 1.82) is 0 Å². The van der Waals surface area contributed by atoms with E-state index in [1.165, 1.54) is 0 Å². The van der Waals surface area contributed by atoms with E-state index in [4.69, 9.17) is 11.6 Å². The van der Waals surface area contributed by atoms with Crippen molar-refractivity contribution in [1.82, 2.24) is 15.1 Å². The predicted molar refractivity (Wildman–Crippen MR) is 61.8 cm³/mol. The zero-order valence-electron chi connectivity index (χ0n) is 8.40. The molecule has 3 nitrogen and oxygen atoms in total. The number of hydrogen-bond acceptors (Lipinski definition) is 4. The van der Waals surface area contributed by atoms with Crippen molar-refractivity contribution in [2.75, 3.05) is 25.6 Å². The van der Waals surface area contributed by atoms with E-state index in [0.29, 0.717) is 5.15 Å². The van der Waals surface area contributed by atoms with Gasteiger partial charge in [0.05, 0.1) is 5.69 Å². The number of halogens is 1. The molecule has 14 heavy (non-hydrogen) atoms. The lowest BCUT2D eigenvalue weighted by Gasteiger charge is -2.14. The molecule has 0 saturated carbocycles. The standard InChI is InChI=1S/C9H14ClN3S/c1-13(5-6-14-2)7-8-3-4-9(10)12-11-8/h3-4H,5-7H2,1-2H3. The zero-order chi connectivity index (χ0) is 10.4. The normalized spacial score (nSPS) is 10.9. The Morgan fingerprint density at radius 2 is 2.21 bits per heavy atom. The van der Waals surface area contributed by atoms with Gasteiger partial charge in [0.1, 0.15) is 0 Å². The van der Waals surface area contributed by atoms with Crippen molar-refractivity contribution in [3.8, 4) is 0 Å². The molecule has 0 aliphatic rings. The molecule has 78 valence electrons. The van der Waals surface area contributed by atoms with Gasteiger partial charge in [0, 0.05) is 18.8 Å². The second kappa shape index (κ2) is 6.22. The molecule has 0 fully saturated rings. The molecule has 0 aliphatic heterocycles. The first kappa shape index (κ1) is 11.8. The first-order valence-electron chi connectivity index (χ1n) is 4.38. The fourth-order valence-corrected chi connectivity index (χ4v) is 1.63. The summed E-state index contributed by atoms with van der Waals surface area (Å²) in [4.78, 5) is 2.22. The van der Waals surface area contributed by atoms with Gasteiger partial charge in [-0.25, -0.2) is 0 Å². The lowest BCUT2D eigenvalue weighted by Crippen LogP contribution is -2.21. The van der Waals surface area contributed by atoms with Crippen molar-refractivity contribution in [3.05, 3.63) is 23.0 Å². The maximum Gasteiger partial charge on any atom is 0.151 e. The number of nitrogens with zero attached hydrogens (tertiary/aromatic N) is 3. The highest BCUT2D eigenvalue weighted by molar-refractivity contribution is 7.98. The Balaban J connectivity index is 2.39. The quantitative estimate of drug-likeness (QED) is 0.775. The highest BCUT2D eigenvalue weighted by Gasteiger charge is 2.01. The summed E-state index contributed by atoms with van der Waals surface area (Å²) in [5.74, 6) is 1.14. The van der Waals surface area contributed by atoms with E-state index in [-0.39, 0.29) is 0 Å². The summed E-state index contributed by atoms with van der Waals surface area (Å²) < 4.78 is 0. The summed E-state index contributed by atoms with van der Waals surface area (Å²) in [6.45, 7) is 1.89. The van der Waals surface area contributed by atoms with E-state index in [0.717, 1.165) is 24.5 Å². The molecule has 0 amide bonds. The fourth-order valence-electron chi connectivity index (χ4n) is 1.03. The van der Waals surface area contributed by atoms with Crippen LogP contribution < -0.4 is 0 Å². The molecule has 0 saturated heterocycles. The average molecular weight is 232 g/mol. The van der Waals surface area contributed by atoms with E-state index < -0.39 is 0 Å². The van der Waals surface area contributed by atoms with Gasteiger partial charge in [0.25, 0.3) is 0 Å². The highest BCUT2D eigenvalue weighted by atomic mass is 35.5. The highest BCUT2D eigenvalue weighted by Crippen LogP contribution is 2.04. The van der Waals surface area contributed by atoms with E-state index in [1.807, 2.05) is 17.8 Å². The van der Waals surface area contributed by atoms with Gasteiger partial charge in [-0.3, -0.25) is 4.90 Å². The largest absolute Gasteiger partial charge is 0.300 e. The van der Waals surface area contributed by atoms with Gasteiger partial charge >= 0.3 is 0 Å². The van der Waals surface area contributed by atoms with Gasteiger partial charge in [-0.1, -0.05) is 11.6 Å². The molecule has 1 aromatic rings. The maximum absolute atomic E-state index is 5.64. The maximum atomic E-state index is 5.64. The molecule has 0 atom stereocenters. The van der Waals surface area contributed by atoms with Crippen molar-refractivity contribution in [2.24, 2.45) is 0 Å². The molecule has 5 heteroatoms. The first-order valence-corrected chi connectivity index (χ1v) is 6.15. The van der Waals surface area contributed by atoms with Gasteiger partial charge < -0.3 is 0 Å². The second-order valence-corrected chi connectivity index (χ2v) is 4.45. The van der Waals surface area contributed by atoms with Crippen LogP contribution >= 0.6 is 23.4 Å². The van der Waals surface area contributed by atoms with Crippen molar-refractivity contribution >= 4 is 23.4 Å². The van der Waals surface area contributed by atoms with E-state index in [1.54, 1.807) is 6.07 Å². The summed E-state index contributed by atoms with van der Waals surface area (Å²) in [6.07, 6.45) is 2.11. The van der Waals surface area contributed by atoms with Crippen molar-refractivity contribution < 1.29 is 0 Å². The van der Waals surface area contributed by atoms with Gasteiger partial charge in [-0.15, -0.1) is 5.10 Å². The van der Waals surface area contributed by atoms with Crippen LogP contribution in [0, 0.1) is 0 Å². The Labute approximate surface area is 93.9 Å². The summed E-state index contributed by atoms with van der Waals surface area (Å²) in [7, 11) is 2.08. The van der Waals surface area contributed by atoms with Crippen LogP contribution in [0.3, 0.4) is 0 Å². The van der Waals surface area contributed by atoms with Crippen LogP contribution in [0.1, 0.15) is 5.69 Å². The predicted octanol–water partition coefficient (Wildman–Crippen LogP) is 1.92. The minimum absolute atomic E-state index is 0.445. The van der Waals surface area contributed by atoms with Crippen LogP contribution in [-0.4, -0.2) is 40.7 Å². The number of aromatic nitrogens is 2. The minimum atomic E-state index is 0.445. The monoisotopic (exact) mass is 231 g/mol. The average Bonchev–Trinajstić information content (AvgIpc) is 2.18. The Morgan fingerprint density at radius 3 is 2.79 bits per heavy atom. The molecule has 0 unspecified atom stereocenters. The summed E-state index contributed by atoms with van der Waals surface area (Å²) in [5, 5.41) is 8.24. The summed E-state index contributed by atoms with van der Waals surface area (Å²) in [6, 6.07) is 3.68. The number of rotatable bonds is 5. The molecular weight excluding hydrogens is 218 g/mol. The van der Waals surface area contributed by atoms with Crippen LogP contribution in [-0.2, 0) is 6.54 Å². The van der Waals surface area contributed by atoms with Crippen molar-refractivity contribution in [3.63, 3.8) is 0 Å². The third-order valence-electron chi connectivity index (χ3n) is 1.80. The molecule has 0 bridgehead atoms. The minimum Gasteiger partial charge on any atom is -0.300 e. The molecule has 0 aromatic carbocycles. The summed E-state index contributed by atoms with van der Waals surface area (Å²) in [5.41, 5.74) is 0.956. The summed E-state index contributed by atoms with van der Waals surface area (Å²) >= 11 is 7.49. The van der Waals surface area contributed by atoms with E-state index >= 15 is 0 Å². The Morgan fingerprint density at radius 1 is 1.43 bits per heavy atom. The molecule has 1 heterocycles. The van der Waals surface area contributed by atoms with Crippen molar-refractivity contribution in [2.45, 2.75) is 6.54 Å². The Hall–Kier alpha value is -0.320. The molecule has 0 radical (unpaired) electrons. The van der Waals surface area contributed by atoms with Crippen LogP contribution in [0.2, 0.25) is 5.15 Å². The number of hydrogen-bond donors (Lipinski definition) is 0. The van der Waals surface area contributed by atoms with E-state index in [2.05, 4.69) is 28.4 Å². The molecule has 1 rings (SSSR count). The van der Waals surface area contributed by atoms with E-state index in [9.17, 15) is 0 Å². The third kappa shape index (κ3) is 4.26. The topological polar surface area (TPSA) is 29.0 Å². The first-order chi connectivity index (χ1) is 6.72. The Bertz CT molecular complexity index is 265. The molecular formula is C9H14ClN3S. The SMILES string of the molecule is CSCCN(C)Cc1ccc(Cl)nn1. The molecule has 0 N–H and O–H groups in total. The third-order valence-corrected chi connectivity index (χ3v) is 2.59. The smallest absolute Gasteiger partial charge is 0.151 e. The zero-order valence-corrected chi connectivity index (χ0v) is 9.98. The van der Waals surface area contributed by atoms with Crippen LogP contribution in [0.25, 0.3) is 0 Å². The van der Waals surface area contributed by atoms with Gasteiger partial charge in [0.2, 0.25) is 0 Å².